The van der Waals surface area contributed by atoms with Gasteiger partial charge in [-0.2, -0.15) is 0 Å². The molecule has 1 fully saturated rings. The Hall–Kier alpha value is -0.740. The molecule has 3 rings (SSSR count). The Labute approximate surface area is 131 Å². The van der Waals surface area contributed by atoms with Crippen LogP contribution in [0.1, 0.15) is 42.9 Å². The van der Waals surface area contributed by atoms with E-state index in [0.717, 1.165) is 43.8 Å². The second-order valence-corrected chi connectivity index (χ2v) is 5.91. The van der Waals surface area contributed by atoms with Crippen molar-refractivity contribution < 1.29 is 10.2 Å². The molecule has 3 nitrogen and oxygen atoms in total. The van der Waals surface area contributed by atoms with Gasteiger partial charge in [-0.3, -0.25) is 0 Å². The lowest BCUT2D eigenvalue weighted by molar-refractivity contribution is 0.337. The second-order valence-electron chi connectivity index (χ2n) is 5.91. The highest BCUT2D eigenvalue weighted by molar-refractivity contribution is 8.93. The smallest absolute Gasteiger partial charge is 0.160 e. The van der Waals surface area contributed by atoms with Crippen LogP contribution >= 0.6 is 17.0 Å². The van der Waals surface area contributed by atoms with Gasteiger partial charge in [0.15, 0.2) is 11.5 Å². The maximum Gasteiger partial charge on any atom is 0.160 e. The van der Waals surface area contributed by atoms with Crippen molar-refractivity contribution in [2.75, 3.05) is 19.6 Å². The first-order valence-electron chi connectivity index (χ1n) is 7.44. The standard InChI is InChI=1S/C16H23NO2.BrH/c1-3-10-7-14(18)16(19)12-6-5-11-8-17(4-2)9-13(11)15(10)12;/h7,11,13,18-19H,3-6,8-9H2,1-2H3;1H. The molecule has 112 valence electrons. The fourth-order valence-corrected chi connectivity index (χ4v) is 3.96. The van der Waals surface area contributed by atoms with Crippen LogP contribution in [-0.2, 0) is 12.8 Å². The predicted octanol–water partition coefficient (Wildman–Crippen LogP) is 3.22. The number of aromatic hydroxyl groups is 2. The number of likely N-dealkylation sites (N-methyl/N-ethyl adjacent to an activating group) is 1. The van der Waals surface area contributed by atoms with E-state index in [1.807, 2.05) is 0 Å². The van der Waals surface area contributed by atoms with E-state index in [0.29, 0.717) is 5.92 Å². The molecular weight excluding hydrogens is 318 g/mol. The molecule has 2 aliphatic rings. The molecule has 0 bridgehead atoms. The van der Waals surface area contributed by atoms with Gasteiger partial charge in [0.1, 0.15) is 0 Å². The lowest BCUT2D eigenvalue weighted by Gasteiger charge is -2.30. The molecule has 1 aliphatic heterocycles. The molecule has 20 heavy (non-hydrogen) atoms. The van der Waals surface area contributed by atoms with Crippen LogP contribution in [-0.4, -0.2) is 34.7 Å². The van der Waals surface area contributed by atoms with Gasteiger partial charge in [0.25, 0.3) is 0 Å². The van der Waals surface area contributed by atoms with Gasteiger partial charge in [0, 0.05) is 24.6 Å². The van der Waals surface area contributed by atoms with Gasteiger partial charge in [0.05, 0.1) is 0 Å². The monoisotopic (exact) mass is 341 g/mol. The molecule has 0 saturated carbocycles. The number of benzene rings is 1. The lowest BCUT2D eigenvalue weighted by Crippen LogP contribution is -2.21. The van der Waals surface area contributed by atoms with Crippen molar-refractivity contribution in [1.29, 1.82) is 0 Å². The Morgan fingerprint density at radius 2 is 2.00 bits per heavy atom. The number of nitrogens with zero attached hydrogens (tertiary/aromatic N) is 1. The maximum absolute atomic E-state index is 10.1. The molecule has 1 aliphatic carbocycles. The van der Waals surface area contributed by atoms with Crippen molar-refractivity contribution in [3.8, 4) is 11.5 Å². The molecule has 1 heterocycles. The first kappa shape index (κ1) is 15.6. The molecule has 0 aromatic heterocycles. The molecule has 0 spiro atoms. The highest BCUT2D eigenvalue weighted by Gasteiger charge is 2.39. The first-order chi connectivity index (χ1) is 9.15. The van der Waals surface area contributed by atoms with Gasteiger partial charge in [-0.15, -0.1) is 17.0 Å². The third-order valence-electron chi connectivity index (χ3n) is 4.99. The van der Waals surface area contributed by atoms with E-state index in [2.05, 4.69) is 18.7 Å². The summed E-state index contributed by atoms with van der Waals surface area (Å²) in [6, 6.07) is 1.77. The number of fused-ring (bicyclic) bond motifs is 3. The average Bonchev–Trinajstić information content (AvgIpc) is 2.85. The Bertz CT molecular complexity index is 504. The summed E-state index contributed by atoms with van der Waals surface area (Å²) in [6.07, 6.45) is 2.96. The molecular formula is C16H24BrNO2. The Morgan fingerprint density at radius 3 is 2.65 bits per heavy atom. The van der Waals surface area contributed by atoms with Crippen molar-refractivity contribution in [3.05, 3.63) is 22.8 Å². The summed E-state index contributed by atoms with van der Waals surface area (Å²) in [4.78, 5) is 2.51. The van der Waals surface area contributed by atoms with E-state index in [4.69, 9.17) is 0 Å². The summed E-state index contributed by atoms with van der Waals surface area (Å²) in [5.41, 5.74) is 3.57. The fraction of sp³-hybridized carbons (Fsp3) is 0.625. The zero-order valence-corrected chi connectivity index (χ0v) is 13.9. The van der Waals surface area contributed by atoms with Crippen LogP contribution < -0.4 is 0 Å². The van der Waals surface area contributed by atoms with Gasteiger partial charge in [-0.05, 0) is 48.9 Å². The summed E-state index contributed by atoms with van der Waals surface area (Å²) >= 11 is 0. The van der Waals surface area contributed by atoms with Crippen molar-refractivity contribution in [1.82, 2.24) is 4.90 Å². The van der Waals surface area contributed by atoms with Crippen LogP contribution in [0.4, 0.5) is 0 Å². The molecule has 4 heteroatoms. The van der Waals surface area contributed by atoms with Crippen LogP contribution in [0.3, 0.4) is 0 Å². The fourth-order valence-electron chi connectivity index (χ4n) is 3.96. The number of phenolic OH excluding ortho intramolecular Hbond substituents is 2. The van der Waals surface area contributed by atoms with Crippen LogP contribution in [0.15, 0.2) is 6.07 Å². The minimum absolute atomic E-state index is 0. The van der Waals surface area contributed by atoms with E-state index in [1.165, 1.54) is 17.7 Å². The number of hydrogen-bond acceptors (Lipinski definition) is 3. The minimum Gasteiger partial charge on any atom is -0.504 e. The number of phenols is 2. The Morgan fingerprint density at radius 1 is 1.25 bits per heavy atom. The van der Waals surface area contributed by atoms with Gasteiger partial charge in [-0.25, -0.2) is 0 Å². The molecule has 0 radical (unpaired) electrons. The third kappa shape index (κ3) is 2.33. The topological polar surface area (TPSA) is 43.7 Å². The van der Waals surface area contributed by atoms with Crippen molar-refractivity contribution in [3.63, 3.8) is 0 Å². The molecule has 1 saturated heterocycles. The zero-order valence-electron chi connectivity index (χ0n) is 12.2. The molecule has 2 atom stereocenters. The molecule has 1 aromatic carbocycles. The lowest BCUT2D eigenvalue weighted by atomic mass is 9.74. The van der Waals surface area contributed by atoms with Gasteiger partial charge in [-0.1, -0.05) is 13.8 Å². The molecule has 2 unspecified atom stereocenters. The Balaban J connectivity index is 0.00000147. The zero-order chi connectivity index (χ0) is 13.6. The van der Waals surface area contributed by atoms with Crippen molar-refractivity contribution >= 4 is 17.0 Å². The SMILES string of the molecule is Br.CCc1cc(O)c(O)c2c1C1CN(CC)CC1CC2. The van der Waals surface area contributed by atoms with E-state index < -0.39 is 0 Å². The normalized spacial score (nSPS) is 24.9. The van der Waals surface area contributed by atoms with E-state index >= 15 is 0 Å². The number of likely N-dealkylation sites (tertiary alicyclic amines) is 1. The molecule has 1 aromatic rings. The van der Waals surface area contributed by atoms with Crippen LogP contribution in [0.2, 0.25) is 0 Å². The minimum atomic E-state index is 0. The summed E-state index contributed by atoms with van der Waals surface area (Å²) in [6.45, 7) is 7.74. The van der Waals surface area contributed by atoms with Crippen LogP contribution in [0, 0.1) is 5.92 Å². The van der Waals surface area contributed by atoms with E-state index in [1.54, 1.807) is 6.07 Å². The first-order valence-corrected chi connectivity index (χ1v) is 7.44. The summed E-state index contributed by atoms with van der Waals surface area (Å²) in [7, 11) is 0. The third-order valence-corrected chi connectivity index (χ3v) is 4.99. The maximum atomic E-state index is 10.1. The number of halogens is 1. The second kappa shape index (κ2) is 5.94. The average molecular weight is 342 g/mol. The van der Waals surface area contributed by atoms with Crippen molar-refractivity contribution in [2.45, 2.75) is 39.0 Å². The predicted molar refractivity (Wildman–Crippen MR) is 86.1 cm³/mol. The number of rotatable bonds is 2. The van der Waals surface area contributed by atoms with Crippen LogP contribution in [0.25, 0.3) is 0 Å². The van der Waals surface area contributed by atoms with Gasteiger partial charge < -0.3 is 15.1 Å². The van der Waals surface area contributed by atoms with Gasteiger partial charge in [0.2, 0.25) is 0 Å². The quantitative estimate of drug-likeness (QED) is 0.811. The largest absolute Gasteiger partial charge is 0.504 e. The van der Waals surface area contributed by atoms with E-state index in [-0.39, 0.29) is 28.5 Å². The Kier molecular flexibility index (Phi) is 4.65. The highest BCUT2D eigenvalue weighted by Crippen LogP contribution is 2.48. The van der Waals surface area contributed by atoms with Crippen LogP contribution in [0.5, 0.6) is 11.5 Å². The summed E-state index contributed by atoms with van der Waals surface area (Å²) in [5.74, 6) is 1.45. The number of aryl methyl sites for hydroxylation is 1. The highest BCUT2D eigenvalue weighted by atomic mass is 79.9. The van der Waals surface area contributed by atoms with E-state index in [9.17, 15) is 10.2 Å². The molecule has 2 N–H and O–H groups in total. The summed E-state index contributed by atoms with van der Waals surface area (Å²) in [5, 5.41) is 20.0. The molecule has 0 amide bonds. The van der Waals surface area contributed by atoms with Crippen molar-refractivity contribution in [2.24, 2.45) is 5.92 Å². The van der Waals surface area contributed by atoms with Gasteiger partial charge >= 0.3 is 0 Å². The summed E-state index contributed by atoms with van der Waals surface area (Å²) < 4.78 is 0. The number of hydrogen-bond donors (Lipinski definition) is 2.